The molecule has 2 aromatic rings. The quantitative estimate of drug-likeness (QED) is 0.708. The van der Waals surface area contributed by atoms with Crippen LogP contribution < -0.4 is 5.69 Å². The first-order chi connectivity index (χ1) is 13.6. The maximum absolute atomic E-state index is 13.2. The Balaban J connectivity index is 1.41. The Morgan fingerprint density at radius 1 is 1.14 bits per heavy atom. The van der Waals surface area contributed by atoms with Gasteiger partial charge in [-0.15, -0.1) is 0 Å². The van der Waals surface area contributed by atoms with Crippen molar-refractivity contribution in [2.24, 2.45) is 5.92 Å². The first kappa shape index (κ1) is 17.3. The number of likely N-dealkylation sites (tertiary alicyclic amines) is 1. The Morgan fingerprint density at radius 3 is 2.57 bits per heavy atom. The molecule has 5 rings (SSSR count). The topological polar surface area (TPSA) is 118 Å². The molecule has 1 saturated heterocycles. The second-order valence-corrected chi connectivity index (χ2v) is 8.08. The number of carbonyl (C=O) groups excluding carboxylic acids is 2. The summed E-state index contributed by atoms with van der Waals surface area (Å²) in [5.74, 6) is 0.194. The van der Waals surface area contributed by atoms with E-state index in [2.05, 4.69) is 24.8 Å². The van der Waals surface area contributed by atoms with Crippen LogP contribution in [-0.4, -0.2) is 61.2 Å². The number of H-pyrrole nitrogens is 3. The van der Waals surface area contributed by atoms with E-state index in [1.807, 2.05) is 0 Å². The lowest BCUT2D eigenvalue weighted by molar-refractivity contribution is -0.148. The Kier molecular flexibility index (Phi) is 3.92. The maximum atomic E-state index is 13.2. The van der Waals surface area contributed by atoms with Crippen molar-refractivity contribution < 1.29 is 9.59 Å². The van der Waals surface area contributed by atoms with E-state index < -0.39 is 5.54 Å². The van der Waals surface area contributed by atoms with Gasteiger partial charge in [0.1, 0.15) is 5.69 Å². The van der Waals surface area contributed by atoms with E-state index in [0.29, 0.717) is 32.5 Å². The molecule has 1 aliphatic carbocycles. The van der Waals surface area contributed by atoms with E-state index in [4.69, 9.17) is 0 Å². The zero-order chi connectivity index (χ0) is 19.3. The second kappa shape index (κ2) is 6.35. The number of hydrogen-bond acceptors (Lipinski definition) is 4. The van der Waals surface area contributed by atoms with E-state index in [-0.39, 0.29) is 29.1 Å². The van der Waals surface area contributed by atoms with Crippen LogP contribution in [0.4, 0.5) is 0 Å². The number of nitrogens with one attached hydrogen (secondary N) is 3. The molecule has 3 aliphatic rings. The van der Waals surface area contributed by atoms with Crippen molar-refractivity contribution in [2.75, 3.05) is 19.6 Å². The molecule has 2 amide bonds. The average Bonchev–Trinajstić information content (AvgIpc) is 3.30. The number of amides is 2. The van der Waals surface area contributed by atoms with Gasteiger partial charge in [-0.1, -0.05) is 6.42 Å². The van der Waals surface area contributed by atoms with Crippen LogP contribution >= 0.6 is 0 Å². The number of imidazole rings is 2. The van der Waals surface area contributed by atoms with Crippen molar-refractivity contribution in [1.29, 1.82) is 0 Å². The van der Waals surface area contributed by atoms with Crippen LogP contribution in [-0.2, 0) is 16.8 Å². The molecule has 2 aromatic heterocycles. The number of hydrogen-bond donors (Lipinski definition) is 3. The van der Waals surface area contributed by atoms with Gasteiger partial charge in [-0.3, -0.25) is 9.59 Å². The third-order valence-corrected chi connectivity index (χ3v) is 6.69. The Labute approximate surface area is 161 Å². The van der Waals surface area contributed by atoms with Crippen LogP contribution in [0.15, 0.2) is 17.3 Å². The SMILES string of the molecule is O=C(c1c[nH]c(=O)[nH]1)N1CCC2(CC1)c1nc[nH]c1CCN2C(=O)C1CCC1. The molecule has 9 nitrogen and oxygen atoms in total. The van der Waals surface area contributed by atoms with Gasteiger partial charge in [-0.25, -0.2) is 9.78 Å². The number of aromatic nitrogens is 4. The predicted molar refractivity (Wildman–Crippen MR) is 99.6 cm³/mol. The van der Waals surface area contributed by atoms with Gasteiger partial charge < -0.3 is 24.8 Å². The van der Waals surface area contributed by atoms with E-state index in [9.17, 15) is 14.4 Å². The zero-order valence-electron chi connectivity index (χ0n) is 15.7. The fourth-order valence-electron chi connectivity index (χ4n) is 4.88. The zero-order valence-corrected chi connectivity index (χ0v) is 15.7. The molecule has 3 N–H and O–H groups in total. The molecule has 28 heavy (non-hydrogen) atoms. The molecule has 9 heteroatoms. The molecular formula is C19H24N6O3. The van der Waals surface area contributed by atoms with Crippen molar-refractivity contribution in [3.63, 3.8) is 0 Å². The lowest BCUT2D eigenvalue weighted by atomic mass is 9.76. The number of nitrogens with zero attached hydrogens (tertiary/aromatic N) is 3. The summed E-state index contributed by atoms with van der Waals surface area (Å²) in [5, 5.41) is 0. The normalized spacial score (nSPS) is 21.4. The number of fused-ring (bicyclic) bond motifs is 2. The van der Waals surface area contributed by atoms with Crippen molar-refractivity contribution >= 4 is 11.8 Å². The highest BCUT2D eigenvalue weighted by Gasteiger charge is 2.50. The van der Waals surface area contributed by atoms with E-state index in [0.717, 1.165) is 37.1 Å². The lowest BCUT2D eigenvalue weighted by Crippen LogP contribution is -2.60. The summed E-state index contributed by atoms with van der Waals surface area (Å²) >= 11 is 0. The van der Waals surface area contributed by atoms with Crippen molar-refractivity contribution in [3.8, 4) is 0 Å². The minimum Gasteiger partial charge on any atom is -0.348 e. The summed E-state index contributed by atoms with van der Waals surface area (Å²) in [6.07, 6.45) is 8.31. The summed E-state index contributed by atoms with van der Waals surface area (Å²) in [6, 6.07) is 0. The molecule has 0 aromatic carbocycles. The largest absolute Gasteiger partial charge is 0.348 e. The maximum Gasteiger partial charge on any atom is 0.323 e. The predicted octanol–water partition coefficient (Wildman–Crippen LogP) is 0.742. The molecule has 2 fully saturated rings. The third kappa shape index (κ3) is 2.52. The van der Waals surface area contributed by atoms with Gasteiger partial charge in [0.25, 0.3) is 5.91 Å². The minimum absolute atomic E-state index is 0.141. The van der Waals surface area contributed by atoms with Gasteiger partial charge >= 0.3 is 5.69 Å². The first-order valence-corrected chi connectivity index (χ1v) is 10.00. The summed E-state index contributed by atoms with van der Waals surface area (Å²) in [5.41, 5.74) is 1.51. The summed E-state index contributed by atoms with van der Waals surface area (Å²) in [7, 11) is 0. The Bertz CT molecular complexity index is 960. The smallest absolute Gasteiger partial charge is 0.323 e. The van der Waals surface area contributed by atoms with Gasteiger partial charge in [0.15, 0.2) is 0 Å². The van der Waals surface area contributed by atoms with Crippen LogP contribution in [0.2, 0.25) is 0 Å². The summed E-state index contributed by atoms with van der Waals surface area (Å²) < 4.78 is 0. The van der Waals surface area contributed by atoms with E-state index >= 15 is 0 Å². The van der Waals surface area contributed by atoms with Crippen LogP contribution in [0.1, 0.15) is 54.0 Å². The monoisotopic (exact) mass is 384 g/mol. The summed E-state index contributed by atoms with van der Waals surface area (Å²) in [6.45, 7) is 1.74. The van der Waals surface area contributed by atoms with Gasteiger partial charge in [-0.05, 0) is 25.7 Å². The van der Waals surface area contributed by atoms with Crippen LogP contribution in [0, 0.1) is 5.92 Å². The first-order valence-electron chi connectivity index (χ1n) is 10.00. The van der Waals surface area contributed by atoms with Crippen molar-refractivity contribution in [1.82, 2.24) is 29.7 Å². The number of carbonyl (C=O) groups is 2. The van der Waals surface area contributed by atoms with E-state index in [1.54, 1.807) is 11.2 Å². The molecule has 2 aliphatic heterocycles. The fraction of sp³-hybridized carbons (Fsp3) is 0.579. The van der Waals surface area contributed by atoms with Crippen LogP contribution in [0.5, 0.6) is 0 Å². The van der Waals surface area contributed by atoms with Gasteiger partial charge in [-0.2, -0.15) is 0 Å². The van der Waals surface area contributed by atoms with Crippen LogP contribution in [0.25, 0.3) is 0 Å². The fourth-order valence-corrected chi connectivity index (χ4v) is 4.88. The number of piperidine rings is 1. The standard InChI is InChI=1S/C19H24N6O3/c26-16(12-2-1-3-12)25-7-4-13-15(22-11-21-13)19(25)5-8-24(9-6-19)17(27)14-10-20-18(28)23-14/h10-12H,1-9H2,(H,21,22)(H2,20,23,28). The number of rotatable bonds is 2. The molecule has 0 atom stereocenters. The van der Waals surface area contributed by atoms with Gasteiger partial charge in [0.05, 0.1) is 17.6 Å². The molecule has 148 valence electrons. The molecule has 1 saturated carbocycles. The molecule has 4 heterocycles. The lowest BCUT2D eigenvalue weighted by Gasteiger charge is -2.51. The Morgan fingerprint density at radius 2 is 1.93 bits per heavy atom. The minimum atomic E-state index is -0.442. The highest BCUT2D eigenvalue weighted by Crippen LogP contribution is 2.44. The molecule has 1 spiro atoms. The second-order valence-electron chi connectivity index (χ2n) is 8.08. The number of aromatic amines is 3. The van der Waals surface area contributed by atoms with Gasteiger partial charge in [0.2, 0.25) is 5.91 Å². The molecule has 0 bridgehead atoms. The van der Waals surface area contributed by atoms with Crippen molar-refractivity contribution in [2.45, 2.75) is 44.1 Å². The summed E-state index contributed by atoms with van der Waals surface area (Å²) in [4.78, 5) is 53.8. The van der Waals surface area contributed by atoms with Gasteiger partial charge in [0, 0.05) is 43.9 Å². The molecule has 0 radical (unpaired) electrons. The van der Waals surface area contributed by atoms with Crippen LogP contribution in [0.3, 0.4) is 0 Å². The highest BCUT2D eigenvalue weighted by molar-refractivity contribution is 5.92. The Hall–Kier alpha value is -2.84. The third-order valence-electron chi connectivity index (χ3n) is 6.69. The average molecular weight is 384 g/mol. The molecule has 0 unspecified atom stereocenters. The van der Waals surface area contributed by atoms with Crippen molar-refractivity contribution in [3.05, 3.63) is 40.1 Å². The molecular weight excluding hydrogens is 360 g/mol. The highest BCUT2D eigenvalue weighted by atomic mass is 16.2. The van der Waals surface area contributed by atoms with E-state index in [1.165, 1.54) is 6.20 Å².